The van der Waals surface area contributed by atoms with E-state index in [1.165, 1.54) is 5.56 Å². The molecule has 1 N–H and O–H groups in total. The van der Waals surface area contributed by atoms with E-state index >= 15 is 0 Å². The lowest BCUT2D eigenvalue weighted by Crippen LogP contribution is -2.07. The Hall–Kier alpha value is -2.29. The average Bonchev–Trinajstić information content (AvgIpc) is 2.52. The molecule has 0 unspecified atom stereocenters. The van der Waals surface area contributed by atoms with E-state index in [4.69, 9.17) is 9.84 Å². The highest BCUT2D eigenvalue weighted by Gasteiger charge is 2.15. The van der Waals surface area contributed by atoms with Crippen LogP contribution in [0.5, 0.6) is 5.75 Å². The maximum Gasteiger partial charge on any atom is 0.303 e. The van der Waals surface area contributed by atoms with Gasteiger partial charge in [-0.05, 0) is 42.0 Å². The molecule has 0 heterocycles. The summed E-state index contributed by atoms with van der Waals surface area (Å²) < 4.78 is 5.14. The van der Waals surface area contributed by atoms with Crippen LogP contribution in [0.4, 0.5) is 0 Å². The van der Waals surface area contributed by atoms with Crippen molar-refractivity contribution in [3.63, 3.8) is 0 Å². The van der Waals surface area contributed by atoms with Crippen LogP contribution in [0.15, 0.2) is 54.6 Å². The van der Waals surface area contributed by atoms with Gasteiger partial charge >= 0.3 is 5.97 Å². The second-order valence-corrected chi connectivity index (χ2v) is 5.09. The number of benzene rings is 2. The zero-order chi connectivity index (χ0) is 15.1. The Bertz CT molecular complexity index is 561. The Labute approximate surface area is 125 Å². The van der Waals surface area contributed by atoms with Crippen LogP contribution in [0.2, 0.25) is 0 Å². The van der Waals surface area contributed by atoms with Crippen molar-refractivity contribution in [3.05, 3.63) is 65.7 Å². The number of rotatable bonds is 7. The molecule has 21 heavy (non-hydrogen) atoms. The molecule has 1 atom stereocenters. The van der Waals surface area contributed by atoms with Crippen molar-refractivity contribution in [3.8, 4) is 5.75 Å². The van der Waals surface area contributed by atoms with Crippen molar-refractivity contribution in [2.24, 2.45) is 0 Å². The Kier molecular flexibility index (Phi) is 5.38. The van der Waals surface area contributed by atoms with Gasteiger partial charge in [0.1, 0.15) is 5.75 Å². The number of carboxylic acid groups (broad SMARTS) is 1. The lowest BCUT2D eigenvalue weighted by Gasteiger charge is -2.16. The molecular weight excluding hydrogens is 264 g/mol. The first-order valence-electron chi connectivity index (χ1n) is 7.08. The molecule has 0 saturated carbocycles. The van der Waals surface area contributed by atoms with Crippen LogP contribution < -0.4 is 4.74 Å². The van der Waals surface area contributed by atoms with Crippen LogP contribution in [0.25, 0.3) is 0 Å². The molecular formula is C18H20O3. The first-order chi connectivity index (χ1) is 10.2. The lowest BCUT2D eigenvalue weighted by atomic mass is 9.89. The van der Waals surface area contributed by atoms with E-state index in [1.807, 2.05) is 42.5 Å². The molecule has 0 spiro atoms. The molecule has 0 amide bonds. The lowest BCUT2D eigenvalue weighted by molar-refractivity contribution is -0.137. The Morgan fingerprint density at radius 1 is 1.10 bits per heavy atom. The topological polar surface area (TPSA) is 46.5 Å². The minimum Gasteiger partial charge on any atom is -0.497 e. The third kappa shape index (κ3) is 4.63. The minimum absolute atomic E-state index is 0.0219. The Balaban J connectivity index is 2.07. The van der Waals surface area contributed by atoms with Crippen molar-refractivity contribution in [2.75, 3.05) is 7.11 Å². The molecule has 2 aromatic carbocycles. The molecule has 110 valence electrons. The standard InChI is InChI=1S/C18H20O3/c1-21-17-11-9-15(10-12-17)16(13-18(19)20)8-7-14-5-3-2-4-6-14/h2-6,9-12,16H,7-8,13H2,1H3,(H,19,20)/t16-/m0/s1. The molecule has 3 nitrogen and oxygen atoms in total. The number of carbonyl (C=O) groups is 1. The number of hydrogen-bond acceptors (Lipinski definition) is 2. The maximum absolute atomic E-state index is 11.1. The highest BCUT2D eigenvalue weighted by atomic mass is 16.5. The highest BCUT2D eigenvalue weighted by Crippen LogP contribution is 2.27. The van der Waals surface area contributed by atoms with Gasteiger partial charge in [0, 0.05) is 0 Å². The molecule has 0 aliphatic carbocycles. The number of aryl methyl sites for hydroxylation is 1. The summed E-state index contributed by atoms with van der Waals surface area (Å²) in [6.07, 6.45) is 1.85. The van der Waals surface area contributed by atoms with Crippen molar-refractivity contribution in [1.29, 1.82) is 0 Å². The van der Waals surface area contributed by atoms with E-state index in [1.54, 1.807) is 7.11 Å². The predicted octanol–water partition coefficient (Wildman–Crippen LogP) is 3.89. The number of aliphatic carboxylic acids is 1. The number of carboxylic acids is 1. The molecule has 0 bridgehead atoms. The normalized spacial score (nSPS) is 11.9. The number of methoxy groups -OCH3 is 1. The first kappa shape index (κ1) is 15.1. The predicted molar refractivity (Wildman–Crippen MR) is 82.8 cm³/mol. The summed E-state index contributed by atoms with van der Waals surface area (Å²) in [6.45, 7) is 0. The van der Waals surface area contributed by atoms with Crippen LogP contribution in [-0.2, 0) is 11.2 Å². The largest absolute Gasteiger partial charge is 0.497 e. The van der Waals surface area contributed by atoms with Gasteiger partial charge in [0.05, 0.1) is 13.5 Å². The van der Waals surface area contributed by atoms with Gasteiger partial charge in [-0.1, -0.05) is 42.5 Å². The van der Waals surface area contributed by atoms with E-state index in [9.17, 15) is 4.79 Å². The molecule has 2 aromatic rings. The fourth-order valence-electron chi connectivity index (χ4n) is 2.46. The summed E-state index contributed by atoms with van der Waals surface area (Å²) in [6, 6.07) is 17.8. The molecule has 0 radical (unpaired) electrons. The van der Waals surface area contributed by atoms with Gasteiger partial charge in [-0.25, -0.2) is 0 Å². The van der Waals surface area contributed by atoms with Gasteiger partial charge in [-0.15, -0.1) is 0 Å². The summed E-state index contributed by atoms with van der Waals surface area (Å²) in [5.74, 6) is 0.0494. The first-order valence-corrected chi connectivity index (χ1v) is 7.08. The molecule has 2 rings (SSSR count). The number of ether oxygens (including phenoxy) is 1. The zero-order valence-electron chi connectivity index (χ0n) is 12.2. The Morgan fingerprint density at radius 3 is 2.33 bits per heavy atom. The molecule has 0 aromatic heterocycles. The molecule has 0 fully saturated rings. The second kappa shape index (κ2) is 7.48. The third-order valence-electron chi connectivity index (χ3n) is 3.63. The monoisotopic (exact) mass is 284 g/mol. The fraction of sp³-hybridized carbons (Fsp3) is 0.278. The highest BCUT2D eigenvalue weighted by molar-refractivity contribution is 5.68. The van der Waals surface area contributed by atoms with Gasteiger partial charge < -0.3 is 9.84 Å². The van der Waals surface area contributed by atoms with Gasteiger partial charge in [0.25, 0.3) is 0 Å². The van der Waals surface area contributed by atoms with E-state index < -0.39 is 5.97 Å². The van der Waals surface area contributed by atoms with Crippen LogP contribution >= 0.6 is 0 Å². The van der Waals surface area contributed by atoms with Crippen LogP contribution in [0.3, 0.4) is 0 Å². The summed E-state index contributed by atoms with van der Waals surface area (Å²) in [5.41, 5.74) is 2.29. The molecule has 3 heteroatoms. The van der Waals surface area contributed by atoms with E-state index in [-0.39, 0.29) is 12.3 Å². The average molecular weight is 284 g/mol. The van der Waals surface area contributed by atoms with Gasteiger partial charge in [-0.2, -0.15) is 0 Å². The van der Waals surface area contributed by atoms with Gasteiger partial charge in [0.2, 0.25) is 0 Å². The van der Waals surface area contributed by atoms with Crippen LogP contribution in [0, 0.1) is 0 Å². The molecule has 0 aliphatic rings. The van der Waals surface area contributed by atoms with Crippen LogP contribution in [0.1, 0.15) is 29.9 Å². The zero-order valence-corrected chi connectivity index (χ0v) is 12.2. The van der Waals surface area contributed by atoms with Crippen molar-refractivity contribution in [1.82, 2.24) is 0 Å². The van der Waals surface area contributed by atoms with E-state index in [0.717, 1.165) is 24.2 Å². The van der Waals surface area contributed by atoms with Crippen molar-refractivity contribution >= 4 is 5.97 Å². The third-order valence-corrected chi connectivity index (χ3v) is 3.63. The van der Waals surface area contributed by atoms with E-state index in [2.05, 4.69) is 12.1 Å². The number of hydrogen-bond donors (Lipinski definition) is 1. The quantitative estimate of drug-likeness (QED) is 0.839. The fourth-order valence-corrected chi connectivity index (χ4v) is 2.46. The Morgan fingerprint density at radius 2 is 1.76 bits per heavy atom. The molecule has 0 saturated heterocycles. The smallest absolute Gasteiger partial charge is 0.303 e. The van der Waals surface area contributed by atoms with Crippen molar-refractivity contribution < 1.29 is 14.6 Å². The van der Waals surface area contributed by atoms with Gasteiger partial charge in [0.15, 0.2) is 0 Å². The molecule has 0 aliphatic heterocycles. The summed E-state index contributed by atoms with van der Waals surface area (Å²) in [5, 5.41) is 9.12. The second-order valence-electron chi connectivity index (χ2n) is 5.09. The van der Waals surface area contributed by atoms with Crippen molar-refractivity contribution in [2.45, 2.75) is 25.2 Å². The maximum atomic E-state index is 11.1. The SMILES string of the molecule is COc1ccc([C@@H](CCc2ccccc2)CC(=O)O)cc1. The summed E-state index contributed by atoms with van der Waals surface area (Å²) in [4.78, 5) is 11.1. The van der Waals surface area contributed by atoms with E-state index in [0.29, 0.717) is 0 Å². The minimum atomic E-state index is -0.760. The summed E-state index contributed by atoms with van der Waals surface area (Å²) >= 11 is 0. The van der Waals surface area contributed by atoms with Gasteiger partial charge in [-0.3, -0.25) is 4.79 Å². The van der Waals surface area contributed by atoms with Crippen LogP contribution in [-0.4, -0.2) is 18.2 Å². The summed E-state index contributed by atoms with van der Waals surface area (Å²) in [7, 11) is 1.62.